The molecule has 0 aromatic carbocycles. The van der Waals surface area contributed by atoms with E-state index in [2.05, 4.69) is 36.9 Å². The van der Waals surface area contributed by atoms with E-state index in [-0.39, 0.29) is 11.9 Å². The minimum atomic E-state index is -0.240. The Morgan fingerprint density at radius 1 is 1.12 bits per heavy atom. The number of hydrogen-bond acceptors (Lipinski definition) is 6. The molecular weight excluding hydrogens is 349 g/mol. The molecule has 0 bridgehead atoms. The van der Waals surface area contributed by atoms with Crippen LogP contribution in [0.2, 0.25) is 0 Å². The number of nitrogens with zero attached hydrogens (tertiary/aromatic N) is 5. The van der Waals surface area contributed by atoms with Crippen molar-refractivity contribution < 1.29 is 4.39 Å². The molecule has 1 fully saturated rings. The lowest BCUT2D eigenvalue weighted by Crippen LogP contribution is -2.47. The molecule has 1 atom stereocenters. The van der Waals surface area contributed by atoms with Crippen LogP contribution in [0.1, 0.15) is 29.2 Å². The van der Waals surface area contributed by atoms with Gasteiger partial charge in [0.1, 0.15) is 11.6 Å². The van der Waals surface area contributed by atoms with Gasteiger partial charge in [-0.15, -0.1) is 11.3 Å². The van der Waals surface area contributed by atoms with Crippen LogP contribution in [0.25, 0.3) is 10.3 Å². The van der Waals surface area contributed by atoms with Crippen LogP contribution >= 0.6 is 11.3 Å². The highest BCUT2D eigenvalue weighted by molar-refractivity contribution is 7.18. The fourth-order valence-corrected chi connectivity index (χ4v) is 4.21. The number of aryl methyl sites for hydroxylation is 2. The summed E-state index contributed by atoms with van der Waals surface area (Å²) in [6, 6.07) is 5.65. The number of rotatable bonds is 3. The van der Waals surface area contributed by atoms with Crippen LogP contribution in [0.5, 0.6) is 0 Å². The van der Waals surface area contributed by atoms with E-state index in [1.165, 1.54) is 11.3 Å². The first-order chi connectivity index (χ1) is 12.5. The van der Waals surface area contributed by atoms with E-state index in [1.54, 1.807) is 6.07 Å². The second-order valence-corrected chi connectivity index (χ2v) is 8.04. The Morgan fingerprint density at radius 2 is 1.88 bits per heavy atom. The average molecular weight is 371 g/mol. The van der Waals surface area contributed by atoms with E-state index in [0.29, 0.717) is 11.3 Å². The maximum absolute atomic E-state index is 14.6. The predicted octanol–water partition coefficient (Wildman–Crippen LogP) is 3.73. The summed E-state index contributed by atoms with van der Waals surface area (Å²) in [6.07, 6.45) is 1.90. The Bertz CT molecular complexity index is 916. The van der Waals surface area contributed by atoms with Crippen LogP contribution in [-0.2, 0) is 0 Å². The summed E-state index contributed by atoms with van der Waals surface area (Å²) in [6.45, 7) is 9.44. The number of hydrogen-bond donors (Lipinski definition) is 0. The molecule has 1 aliphatic heterocycles. The van der Waals surface area contributed by atoms with E-state index in [0.717, 1.165) is 47.3 Å². The van der Waals surface area contributed by atoms with Gasteiger partial charge < -0.3 is 4.90 Å². The number of thiazole rings is 1. The summed E-state index contributed by atoms with van der Waals surface area (Å²) in [5, 5.41) is 0.913. The summed E-state index contributed by atoms with van der Waals surface area (Å²) >= 11 is 1.48. The second-order valence-electron chi connectivity index (χ2n) is 6.80. The molecule has 0 amide bonds. The maximum atomic E-state index is 14.6. The van der Waals surface area contributed by atoms with Gasteiger partial charge in [-0.2, -0.15) is 0 Å². The summed E-state index contributed by atoms with van der Waals surface area (Å²) in [7, 11) is 0. The summed E-state index contributed by atoms with van der Waals surface area (Å²) in [5.41, 5.74) is 2.30. The summed E-state index contributed by atoms with van der Waals surface area (Å²) < 4.78 is 15.4. The highest BCUT2D eigenvalue weighted by Gasteiger charge is 2.26. The first-order valence-corrected chi connectivity index (χ1v) is 9.68. The van der Waals surface area contributed by atoms with Crippen LogP contribution in [0.15, 0.2) is 24.4 Å². The monoisotopic (exact) mass is 371 g/mol. The molecule has 1 saturated heterocycles. The molecular formula is C19H22FN5S. The Balaban J connectivity index is 1.48. The largest absolute Gasteiger partial charge is 0.354 e. The normalized spacial score (nSPS) is 17.0. The van der Waals surface area contributed by atoms with E-state index in [4.69, 9.17) is 0 Å². The van der Waals surface area contributed by atoms with Crippen molar-refractivity contribution in [2.24, 2.45) is 0 Å². The van der Waals surface area contributed by atoms with Gasteiger partial charge in [0.2, 0.25) is 0 Å². The van der Waals surface area contributed by atoms with Crippen molar-refractivity contribution in [2.75, 3.05) is 31.1 Å². The zero-order valence-electron chi connectivity index (χ0n) is 15.2. The summed E-state index contributed by atoms with van der Waals surface area (Å²) in [4.78, 5) is 18.0. The quantitative estimate of drug-likeness (QED) is 0.702. The molecule has 136 valence electrons. The highest BCUT2D eigenvalue weighted by atomic mass is 32.1. The van der Waals surface area contributed by atoms with Gasteiger partial charge in [-0.05, 0) is 38.5 Å². The zero-order chi connectivity index (χ0) is 18.3. The van der Waals surface area contributed by atoms with Crippen LogP contribution in [-0.4, -0.2) is 46.0 Å². The molecule has 0 spiro atoms. The van der Waals surface area contributed by atoms with Gasteiger partial charge in [-0.25, -0.2) is 19.3 Å². The number of pyridine rings is 2. The molecule has 3 aromatic heterocycles. The predicted molar refractivity (Wildman–Crippen MR) is 103 cm³/mol. The van der Waals surface area contributed by atoms with E-state index < -0.39 is 0 Å². The highest BCUT2D eigenvalue weighted by Crippen LogP contribution is 2.28. The van der Waals surface area contributed by atoms with Crippen molar-refractivity contribution in [1.82, 2.24) is 19.9 Å². The Hall–Kier alpha value is -2.12. The molecule has 0 radical (unpaired) electrons. The third-order valence-corrected chi connectivity index (χ3v) is 5.85. The lowest BCUT2D eigenvalue weighted by Gasteiger charge is -2.38. The van der Waals surface area contributed by atoms with Gasteiger partial charge in [-0.3, -0.25) is 4.90 Å². The second kappa shape index (κ2) is 6.89. The third kappa shape index (κ3) is 3.29. The van der Waals surface area contributed by atoms with Crippen molar-refractivity contribution in [1.29, 1.82) is 0 Å². The van der Waals surface area contributed by atoms with Gasteiger partial charge >= 0.3 is 0 Å². The summed E-state index contributed by atoms with van der Waals surface area (Å²) in [5.74, 6) is 0.767. The molecule has 4 heterocycles. The van der Waals surface area contributed by atoms with Crippen LogP contribution < -0.4 is 4.90 Å². The van der Waals surface area contributed by atoms with Gasteiger partial charge in [0, 0.05) is 32.4 Å². The Labute approximate surface area is 156 Å². The van der Waals surface area contributed by atoms with Crippen molar-refractivity contribution in [3.63, 3.8) is 0 Å². The lowest BCUT2D eigenvalue weighted by atomic mass is 10.1. The third-order valence-electron chi connectivity index (χ3n) is 4.95. The minimum Gasteiger partial charge on any atom is -0.354 e. The fourth-order valence-electron chi connectivity index (χ4n) is 3.41. The van der Waals surface area contributed by atoms with Crippen molar-refractivity contribution >= 4 is 27.5 Å². The number of halogens is 1. The number of anilines is 1. The molecule has 0 N–H and O–H groups in total. The van der Waals surface area contributed by atoms with Crippen molar-refractivity contribution in [3.8, 4) is 0 Å². The number of fused-ring (bicyclic) bond motifs is 1. The van der Waals surface area contributed by atoms with Crippen LogP contribution in [0, 0.1) is 19.7 Å². The van der Waals surface area contributed by atoms with Crippen molar-refractivity contribution in [3.05, 3.63) is 46.5 Å². The smallest absolute Gasteiger partial charge is 0.171 e. The molecule has 7 heteroatoms. The molecule has 26 heavy (non-hydrogen) atoms. The number of aromatic nitrogens is 3. The van der Waals surface area contributed by atoms with Gasteiger partial charge in [-0.1, -0.05) is 6.07 Å². The topological polar surface area (TPSA) is 45.2 Å². The van der Waals surface area contributed by atoms with Gasteiger partial charge in [0.25, 0.3) is 0 Å². The van der Waals surface area contributed by atoms with Crippen LogP contribution in [0.4, 0.5) is 10.2 Å². The molecule has 5 nitrogen and oxygen atoms in total. The fraction of sp³-hybridized carbons (Fsp3) is 0.421. The Kier molecular flexibility index (Phi) is 4.58. The standard InChI is InChI=1S/C19H22FN5S/c1-12-4-5-17(21-11-12)25-8-6-24(7-9-25)13(2)18-15(20)10-16-19(23-18)22-14(3)26-16/h4-5,10-11,13H,6-9H2,1-3H3. The number of piperazine rings is 1. The Morgan fingerprint density at radius 3 is 2.58 bits per heavy atom. The first-order valence-electron chi connectivity index (χ1n) is 8.86. The van der Waals surface area contributed by atoms with Crippen LogP contribution in [0.3, 0.4) is 0 Å². The molecule has 0 aliphatic carbocycles. The average Bonchev–Trinajstić information content (AvgIpc) is 3.00. The first kappa shape index (κ1) is 17.3. The lowest BCUT2D eigenvalue weighted by molar-refractivity contribution is 0.191. The molecule has 1 aliphatic rings. The van der Waals surface area contributed by atoms with Gasteiger partial charge in [0.15, 0.2) is 5.65 Å². The van der Waals surface area contributed by atoms with E-state index in [1.807, 2.05) is 27.0 Å². The van der Waals surface area contributed by atoms with Gasteiger partial charge in [0.05, 0.1) is 21.4 Å². The zero-order valence-corrected chi connectivity index (χ0v) is 16.1. The SMILES string of the molecule is Cc1ccc(N2CCN(C(C)c3nc4nc(C)sc4cc3F)CC2)nc1. The molecule has 0 saturated carbocycles. The molecule has 1 unspecified atom stereocenters. The maximum Gasteiger partial charge on any atom is 0.171 e. The minimum absolute atomic E-state index is 0.0745. The van der Waals surface area contributed by atoms with E-state index in [9.17, 15) is 4.39 Å². The van der Waals surface area contributed by atoms with Crippen molar-refractivity contribution in [2.45, 2.75) is 26.8 Å². The molecule has 4 rings (SSSR count). The van der Waals surface area contributed by atoms with E-state index >= 15 is 0 Å². The molecule has 3 aromatic rings.